The molecule has 1 heterocycles. The minimum atomic E-state index is -0.522. The van der Waals surface area contributed by atoms with E-state index in [-0.39, 0.29) is 28.6 Å². The van der Waals surface area contributed by atoms with Crippen molar-refractivity contribution in [1.82, 2.24) is 20.1 Å². The maximum Gasteiger partial charge on any atom is 0.253 e. The Morgan fingerprint density at radius 3 is 2.53 bits per heavy atom. The monoisotopic (exact) mass is 607 g/mol. The molecule has 0 bridgehead atoms. The lowest BCUT2D eigenvalue weighted by atomic mass is 10.2. The van der Waals surface area contributed by atoms with Crippen molar-refractivity contribution in [2.24, 2.45) is 0 Å². The molecule has 1 aromatic heterocycles. The van der Waals surface area contributed by atoms with Crippen molar-refractivity contribution >= 4 is 68.4 Å². The first-order valence-electron chi connectivity index (χ1n) is 10.4. The topological polar surface area (TPSA) is 88.9 Å². The Kier molecular flexibility index (Phi) is 8.63. The zero-order chi connectivity index (χ0) is 25.7. The van der Waals surface area contributed by atoms with E-state index in [1.54, 1.807) is 28.8 Å². The van der Waals surface area contributed by atoms with E-state index in [9.17, 15) is 14.0 Å². The van der Waals surface area contributed by atoms with Crippen LogP contribution in [0.15, 0.2) is 76.4 Å². The number of halogens is 4. The second-order valence-electron chi connectivity index (χ2n) is 7.33. The van der Waals surface area contributed by atoms with E-state index in [1.165, 1.54) is 18.2 Å². The van der Waals surface area contributed by atoms with E-state index in [2.05, 4.69) is 36.8 Å². The van der Waals surface area contributed by atoms with Crippen LogP contribution in [0.1, 0.15) is 16.2 Å². The van der Waals surface area contributed by atoms with Crippen LogP contribution in [0.4, 0.5) is 10.1 Å². The van der Waals surface area contributed by atoms with Gasteiger partial charge in [0, 0.05) is 15.2 Å². The summed E-state index contributed by atoms with van der Waals surface area (Å²) >= 11 is 16.7. The highest BCUT2D eigenvalue weighted by Crippen LogP contribution is 2.25. The van der Waals surface area contributed by atoms with Gasteiger partial charge in [-0.25, -0.2) is 4.39 Å². The van der Waals surface area contributed by atoms with Crippen molar-refractivity contribution in [1.29, 1.82) is 0 Å². The largest absolute Gasteiger partial charge is 0.345 e. The molecule has 7 nitrogen and oxygen atoms in total. The van der Waals surface area contributed by atoms with Crippen LogP contribution in [0, 0.1) is 5.82 Å². The third-order valence-corrected chi connectivity index (χ3v) is 6.87. The molecule has 0 fully saturated rings. The molecule has 184 valence electrons. The van der Waals surface area contributed by atoms with Gasteiger partial charge in [-0.05, 0) is 54.6 Å². The molecule has 0 saturated carbocycles. The molecule has 4 rings (SSSR count). The number of hydrogen-bond acceptors (Lipinski definition) is 5. The van der Waals surface area contributed by atoms with Gasteiger partial charge in [-0.2, -0.15) is 0 Å². The van der Waals surface area contributed by atoms with Gasteiger partial charge in [0.2, 0.25) is 5.91 Å². The number of amides is 2. The van der Waals surface area contributed by atoms with E-state index in [1.807, 2.05) is 24.3 Å². The summed E-state index contributed by atoms with van der Waals surface area (Å²) in [5.41, 5.74) is 1.06. The molecule has 2 amide bonds. The van der Waals surface area contributed by atoms with Gasteiger partial charge < -0.3 is 10.6 Å². The number of benzene rings is 3. The first kappa shape index (κ1) is 26.2. The average molecular weight is 609 g/mol. The summed E-state index contributed by atoms with van der Waals surface area (Å²) in [6.45, 7) is 0.0344. The molecule has 2 N–H and O–H groups in total. The van der Waals surface area contributed by atoms with Crippen molar-refractivity contribution in [3.05, 3.63) is 98.5 Å². The first-order chi connectivity index (χ1) is 17.3. The molecule has 0 radical (unpaired) electrons. The molecular weight excluding hydrogens is 592 g/mol. The fourth-order valence-electron chi connectivity index (χ4n) is 3.16. The van der Waals surface area contributed by atoms with Crippen LogP contribution in [-0.4, -0.2) is 32.3 Å². The molecular formula is C24H17BrCl2FN5O2S. The quantitative estimate of drug-likeness (QED) is 0.235. The number of para-hydroxylation sites is 1. The highest BCUT2D eigenvalue weighted by Gasteiger charge is 2.18. The summed E-state index contributed by atoms with van der Waals surface area (Å²) in [7, 11) is 0. The number of aromatic nitrogens is 3. The van der Waals surface area contributed by atoms with Crippen molar-refractivity contribution in [2.45, 2.75) is 11.7 Å². The number of nitrogens with zero attached hydrogens (tertiary/aromatic N) is 3. The maximum atomic E-state index is 13.9. The number of hydrogen-bond donors (Lipinski definition) is 2. The third kappa shape index (κ3) is 6.44. The standard InChI is InChI=1S/C24H17BrCl2FN5O2S/c25-14-5-8-16(9-6-14)33-21(12-29-23(35)17-11-15(26)7-10-18(17)27)31-32-24(33)36-13-22(34)30-20-4-2-1-3-19(20)28/h1-11H,12-13H2,(H,29,35)(H,30,34). The zero-order valence-electron chi connectivity index (χ0n) is 18.3. The van der Waals surface area contributed by atoms with E-state index in [4.69, 9.17) is 23.2 Å². The second kappa shape index (κ2) is 11.9. The summed E-state index contributed by atoms with van der Waals surface area (Å²) in [6.07, 6.45) is 0. The van der Waals surface area contributed by atoms with Gasteiger partial charge in [0.15, 0.2) is 11.0 Å². The summed E-state index contributed by atoms with van der Waals surface area (Å²) in [6, 6.07) is 17.9. The Hall–Kier alpha value is -2.92. The molecule has 12 heteroatoms. The molecule has 0 aliphatic heterocycles. The Bertz CT molecular complexity index is 1420. The molecule has 0 atom stereocenters. The van der Waals surface area contributed by atoms with Crippen LogP contribution >= 0.6 is 50.9 Å². The Labute approximate surface area is 228 Å². The summed E-state index contributed by atoms with van der Waals surface area (Å²) < 4.78 is 16.5. The van der Waals surface area contributed by atoms with Crippen LogP contribution in [0.5, 0.6) is 0 Å². The van der Waals surface area contributed by atoms with Gasteiger partial charge in [-0.1, -0.05) is 63.0 Å². The Morgan fingerprint density at radius 2 is 1.78 bits per heavy atom. The van der Waals surface area contributed by atoms with Gasteiger partial charge >= 0.3 is 0 Å². The van der Waals surface area contributed by atoms with Gasteiger partial charge in [-0.15, -0.1) is 10.2 Å². The molecule has 0 unspecified atom stereocenters. The lowest BCUT2D eigenvalue weighted by molar-refractivity contribution is -0.113. The molecule has 3 aromatic carbocycles. The number of anilines is 1. The molecule has 0 aliphatic rings. The molecule has 4 aromatic rings. The zero-order valence-corrected chi connectivity index (χ0v) is 22.3. The van der Waals surface area contributed by atoms with E-state index >= 15 is 0 Å². The fourth-order valence-corrected chi connectivity index (χ4v) is 4.57. The predicted molar refractivity (Wildman–Crippen MR) is 142 cm³/mol. The normalized spacial score (nSPS) is 10.8. The SMILES string of the molecule is O=C(CSc1nnc(CNC(=O)c2cc(Cl)ccc2Cl)n1-c1ccc(Br)cc1)Nc1ccccc1F. The van der Waals surface area contributed by atoms with Gasteiger partial charge in [0.25, 0.3) is 5.91 Å². The van der Waals surface area contributed by atoms with Crippen molar-refractivity contribution in [2.75, 3.05) is 11.1 Å². The fraction of sp³-hybridized carbons (Fsp3) is 0.0833. The molecule has 36 heavy (non-hydrogen) atoms. The van der Waals surface area contributed by atoms with Crippen molar-refractivity contribution in [3.8, 4) is 5.69 Å². The van der Waals surface area contributed by atoms with Crippen molar-refractivity contribution < 1.29 is 14.0 Å². The molecule has 0 aliphatic carbocycles. The lowest BCUT2D eigenvalue weighted by Gasteiger charge is -2.12. The Balaban J connectivity index is 1.52. The minimum Gasteiger partial charge on any atom is -0.345 e. The Morgan fingerprint density at radius 1 is 1.03 bits per heavy atom. The van der Waals surface area contributed by atoms with Crippen LogP contribution < -0.4 is 10.6 Å². The van der Waals surface area contributed by atoms with Crippen LogP contribution in [0.25, 0.3) is 5.69 Å². The van der Waals surface area contributed by atoms with Gasteiger partial charge in [0.1, 0.15) is 5.82 Å². The number of carbonyl (C=O) groups is 2. The molecule has 0 spiro atoms. The van der Waals surface area contributed by atoms with Crippen LogP contribution in [0.2, 0.25) is 10.0 Å². The first-order valence-corrected chi connectivity index (χ1v) is 13.0. The minimum absolute atomic E-state index is 0.0342. The lowest BCUT2D eigenvalue weighted by Crippen LogP contribution is -2.25. The third-order valence-electron chi connectivity index (χ3n) is 4.85. The maximum absolute atomic E-state index is 13.9. The van der Waals surface area contributed by atoms with E-state index < -0.39 is 17.6 Å². The van der Waals surface area contributed by atoms with Crippen LogP contribution in [-0.2, 0) is 11.3 Å². The number of thioether (sulfide) groups is 1. The van der Waals surface area contributed by atoms with Gasteiger partial charge in [0.05, 0.1) is 28.6 Å². The van der Waals surface area contributed by atoms with E-state index in [0.29, 0.717) is 16.0 Å². The molecule has 0 saturated heterocycles. The van der Waals surface area contributed by atoms with E-state index in [0.717, 1.165) is 21.9 Å². The summed E-state index contributed by atoms with van der Waals surface area (Å²) in [4.78, 5) is 25.1. The average Bonchev–Trinajstić information content (AvgIpc) is 3.27. The number of nitrogens with one attached hydrogen (secondary N) is 2. The highest BCUT2D eigenvalue weighted by atomic mass is 79.9. The predicted octanol–water partition coefficient (Wildman–Crippen LogP) is 6.14. The van der Waals surface area contributed by atoms with Gasteiger partial charge in [-0.3, -0.25) is 14.2 Å². The summed E-state index contributed by atoms with van der Waals surface area (Å²) in [5, 5.41) is 14.8. The summed E-state index contributed by atoms with van der Waals surface area (Å²) in [5.74, 6) is -0.951. The smallest absolute Gasteiger partial charge is 0.253 e. The number of rotatable bonds is 8. The number of carbonyl (C=O) groups excluding carboxylic acids is 2. The second-order valence-corrected chi connectivity index (χ2v) is 10.0. The highest BCUT2D eigenvalue weighted by molar-refractivity contribution is 9.10. The van der Waals surface area contributed by atoms with Crippen LogP contribution in [0.3, 0.4) is 0 Å². The van der Waals surface area contributed by atoms with Crippen molar-refractivity contribution in [3.63, 3.8) is 0 Å².